The van der Waals surface area contributed by atoms with E-state index in [2.05, 4.69) is 262 Å². The summed E-state index contributed by atoms with van der Waals surface area (Å²) >= 11 is 0. The number of benzene rings is 9. The summed E-state index contributed by atoms with van der Waals surface area (Å²) in [5.74, 6) is 1.08. The number of hydrogen-bond donors (Lipinski definition) is 0. The van der Waals surface area contributed by atoms with Gasteiger partial charge in [-0.15, -0.1) is 0 Å². The van der Waals surface area contributed by atoms with Crippen LogP contribution in [0.5, 0.6) is 0 Å². The minimum atomic E-state index is 1.06. The average molecular weight is 769 g/mol. The second-order valence-corrected chi connectivity index (χ2v) is 15.0. The van der Waals surface area contributed by atoms with Gasteiger partial charge in [-0.1, -0.05) is 152 Å². The van der Waals surface area contributed by atoms with Gasteiger partial charge in [-0.25, -0.2) is 0 Å². The molecule has 1 aromatic heterocycles. The Kier molecular flexibility index (Phi) is 8.79. The summed E-state index contributed by atoms with van der Waals surface area (Å²) in [6, 6.07) is 87.0. The highest BCUT2D eigenvalue weighted by Crippen LogP contribution is 2.58. The number of rotatable bonds is 8. The molecule has 0 fully saturated rings. The fourth-order valence-corrected chi connectivity index (χ4v) is 8.73. The predicted molar refractivity (Wildman–Crippen MR) is 252 cm³/mol. The van der Waals surface area contributed by atoms with Crippen LogP contribution in [0.15, 0.2) is 243 Å². The van der Waals surface area contributed by atoms with Crippen molar-refractivity contribution in [2.75, 3.05) is 14.7 Å². The van der Waals surface area contributed by atoms with Crippen LogP contribution in [0.1, 0.15) is 0 Å². The van der Waals surface area contributed by atoms with E-state index in [4.69, 9.17) is 0 Å². The van der Waals surface area contributed by atoms with Gasteiger partial charge < -0.3 is 9.80 Å². The zero-order chi connectivity index (χ0) is 39.8. The van der Waals surface area contributed by atoms with Gasteiger partial charge in [0.05, 0.1) is 22.6 Å². The molecule has 0 aliphatic carbocycles. The van der Waals surface area contributed by atoms with Gasteiger partial charge in [0.1, 0.15) is 5.82 Å². The molecule has 9 aromatic carbocycles. The molecular formula is C56H40N4. The van der Waals surface area contributed by atoms with Crippen LogP contribution >= 0.6 is 0 Å². The molecule has 0 unspecified atom stereocenters. The smallest absolute Gasteiger partial charge is 0.148 e. The lowest BCUT2D eigenvalue weighted by molar-refractivity contribution is 1.05. The SMILES string of the molecule is c1ccc(-c2ccc(N(c3ccc(-c4ccccc4)cc3)c3ccc4c(c3)c3c(n4-c4ccccc4)N(c4ccccc4)c4ccccc4N3c3ccccc3)cc2)cc1. The van der Waals surface area contributed by atoms with Gasteiger partial charge in [-0.2, -0.15) is 0 Å². The molecule has 0 atom stereocenters. The highest BCUT2D eigenvalue weighted by Gasteiger charge is 2.36. The van der Waals surface area contributed by atoms with E-state index in [-0.39, 0.29) is 0 Å². The zero-order valence-electron chi connectivity index (χ0n) is 32.9. The molecule has 0 saturated heterocycles. The van der Waals surface area contributed by atoms with Gasteiger partial charge in [0, 0.05) is 39.5 Å². The third kappa shape index (κ3) is 6.10. The number of anilines is 9. The number of fused-ring (bicyclic) bond motifs is 4. The summed E-state index contributed by atoms with van der Waals surface area (Å²) in [5.41, 5.74) is 15.7. The van der Waals surface area contributed by atoms with E-state index >= 15 is 0 Å². The van der Waals surface area contributed by atoms with E-state index in [1.807, 2.05) is 0 Å². The lowest BCUT2D eigenvalue weighted by Crippen LogP contribution is -2.25. The molecule has 0 radical (unpaired) electrons. The van der Waals surface area contributed by atoms with Crippen LogP contribution in [0.2, 0.25) is 0 Å². The lowest BCUT2D eigenvalue weighted by atomic mass is 10.0. The Morgan fingerprint density at radius 1 is 0.300 bits per heavy atom. The number of nitrogens with zero attached hydrogens (tertiary/aromatic N) is 4. The molecule has 11 rings (SSSR count). The summed E-state index contributed by atoms with van der Waals surface area (Å²) in [4.78, 5) is 7.26. The van der Waals surface area contributed by atoms with Crippen molar-refractivity contribution in [3.63, 3.8) is 0 Å². The molecule has 4 heteroatoms. The van der Waals surface area contributed by atoms with Crippen LogP contribution in [0.3, 0.4) is 0 Å². The molecule has 0 amide bonds. The molecule has 1 aliphatic rings. The largest absolute Gasteiger partial charge is 0.310 e. The van der Waals surface area contributed by atoms with Crippen molar-refractivity contribution in [2.24, 2.45) is 0 Å². The second-order valence-electron chi connectivity index (χ2n) is 15.0. The van der Waals surface area contributed by atoms with Gasteiger partial charge in [-0.3, -0.25) is 9.47 Å². The van der Waals surface area contributed by atoms with Crippen molar-refractivity contribution in [3.8, 4) is 27.9 Å². The highest BCUT2D eigenvalue weighted by atomic mass is 15.3. The van der Waals surface area contributed by atoms with Gasteiger partial charge >= 0.3 is 0 Å². The molecule has 0 saturated carbocycles. The molecule has 0 spiro atoms. The third-order valence-corrected chi connectivity index (χ3v) is 11.5. The minimum Gasteiger partial charge on any atom is -0.310 e. The van der Waals surface area contributed by atoms with Crippen LogP contribution in [-0.4, -0.2) is 4.57 Å². The van der Waals surface area contributed by atoms with Crippen molar-refractivity contribution in [3.05, 3.63) is 243 Å². The summed E-state index contributed by atoms with van der Waals surface area (Å²) in [6.07, 6.45) is 0. The fourth-order valence-electron chi connectivity index (χ4n) is 8.73. The topological polar surface area (TPSA) is 14.7 Å². The number of aromatic nitrogens is 1. The van der Waals surface area contributed by atoms with Crippen molar-refractivity contribution >= 4 is 62.2 Å². The lowest BCUT2D eigenvalue weighted by Gasteiger charge is -2.39. The van der Waals surface area contributed by atoms with E-state index in [0.717, 1.165) is 67.9 Å². The normalized spacial score (nSPS) is 11.9. The first-order chi connectivity index (χ1) is 29.8. The van der Waals surface area contributed by atoms with Crippen molar-refractivity contribution in [1.29, 1.82) is 0 Å². The monoisotopic (exact) mass is 768 g/mol. The van der Waals surface area contributed by atoms with E-state index in [1.165, 1.54) is 22.3 Å². The van der Waals surface area contributed by atoms with E-state index in [0.29, 0.717) is 0 Å². The Bertz CT molecular complexity index is 2970. The maximum absolute atomic E-state index is 2.45. The molecule has 2 heterocycles. The molecule has 0 bridgehead atoms. The quantitative estimate of drug-likeness (QED) is 0.153. The van der Waals surface area contributed by atoms with E-state index in [1.54, 1.807) is 0 Å². The molecule has 0 N–H and O–H groups in total. The summed E-state index contributed by atoms with van der Waals surface area (Å²) in [5, 5.41) is 1.14. The average Bonchev–Trinajstić information content (AvgIpc) is 3.66. The molecular weight excluding hydrogens is 729 g/mol. The van der Waals surface area contributed by atoms with Gasteiger partial charge in [-0.05, 0) is 113 Å². The highest BCUT2D eigenvalue weighted by molar-refractivity contribution is 6.14. The van der Waals surface area contributed by atoms with Crippen LogP contribution < -0.4 is 14.7 Å². The van der Waals surface area contributed by atoms with Gasteiger partial charge in [0.15, 0.2) is 0 Å². The Balaban J connectivity index is 1.18. The Morgan fingerprint density at radius 3 is 1.18 bits per heavy atom. The van der Waals surface area contributed by atoms with Crippen LogP contribution in [0.25, 0.3) is 38.8 Å². The van der Waals surface area contributed by atoms with Crippen molar-refractivity contribution in [2.45, 2.75) is 0 Å². The molecule has 60 heavy (non-hydrogen) atoms. The Hall–Kier alpha value is -8.08. The first kappa shape index (κ1) is 35.1. The van der Waals surface area contributed by atoms with Crippen LogP contribution in [-0.2, 0) is 0 Å². The van der Waals surface area contributed by atoms with Crippen LogP contribution in [0, 0.1) is 0 Å². The van der Waals surface area contributed by atoms with Crippen molar-refractivity contribution < 1.29 is 0 Å². The Labute approximate surface area is 350 Å². The zero-order valence-corrected chi connectivity index (χ0v) is 32.9. The van der Waals surface area contributed by atoms with E-state index < -0.39 is 0 Å². The maximum atomic E-state index is 2.45. The van der Waals surface area contributed by atoms with Gasteiger partial charge in [0.25, 0.3) is 0 Å². The first-order valence-corrected chi connectivity index (χ1v) is 20.4. The predicted octanol–water partition coefficient (Wildman–Crippen LogP) is 15.7. The number of hydrogen-bond acceptors (Lipinski definition) is 3. The first-order valence-electron chi connectivity index (χ1n) is 20.4. The second kappa shape index (κ2) is 15.0. The fraction of sp³-hybridized carbons (Fsp3) is 0. The summed E-state index contributed by atoms with van der Waals surface area (Å²) in [6.45, 7) is 0. The summed E-state index contributed by atoms with van der Waals surface area (Å²) in [7, 11) is 0. The van der Waals surface area contributed by atoms with Crippen LogP contribution in [0.4, 0.5) is 51.3 Å². The molecule has 4 nitrogen and oxygen atoms in total. The molecule has 284 valence electrons. The maximum Gasteiger partial charge on any atom is 0.148 e. The van der Waals surface area contributed by atoms with Gasteiger partial charge in [0.2, 0.25) is 0 Å². The molecule has 1 aliphatic heterocycles. The standard InChI is InChI=1S/C56H40N4/c1-6-18-41(19-7-1)43-30-34-48(35-31-43)57(49-36-32-44(33-37-49)42-20-8-2-9-21-42)50-38-39-52-51(40-50)55-56(59(52)46-24-12-4-13-25-46)60(47-26-14-5-15-27-47)54-29-17-16-28-53(54)58(55)45-22-10-3-11-23-45/h1-40H. The van der Waals surface area contributed by atoms with Crippen molar-refractivity contribution in [1.82, 2.24) is 4.57 Å². The summed E-state index contributed by atoms with van der Waals surface area (Å²) < 4.78 is 2.43. The molecule has 10 aromatic rings. The minimum absolute atomic E-state index is 1.06. The Morgan fingerprint density at radius 2 is 0.683 bits per heavy atom. The third-order valence-electron chi connectivity index (χ3n) is 11.5. The van der Waals surface area contributed by atoms with E-state index in [9.17, 15) is 0 Å². The number of para-hydroxylation sites is 5.